The molecule has 0 saturated carbocycles. The Morgan fingerprint density at radius 3 is 3.00 bits per heavy atom. The van der Waals surface area contributed by atoms with Crippen LogP contribution in [-0.2, 0) is 4.74 Å². The predicted molar refractivity (Wildman–Crippen MR) is 77.8 cm³/mol. The topological polar surface area (TPSA) is 34.6 Å². The molecule has 110 valence electrons. The van der Waals surface area contributed by atoms with Crippen LogP contribution >= 0.6 is 0 Å². The van der Waals surface area contributed by atoms with Crippen LogP contribution in [0.15, 0.2) is 24.5 Å². The minimum atomic E-state index is 0.424. The van der Waals surface area contributed by atoms with Crippen molar-refractivity contribution in [1.82, 2.24) is 9.88 Å². The van der Waals surface area contributed by atoms with Crippen LogP contribution in [0.3, 0.4) is 0 Å². The Labute approximate surface area is 121 Å². The van der Waals surface area contributed by atoms with E-state index in [1.54, 1.807) is 12.4 Å². The molecule has 0 N–H and O–H groups in total. The third-order valence-corrected chi connectivity index (χ3v) is 5.00. The lowest BCUT2D eigenvalue weighted by Gasteiger charge is -2.48. The summed E-state index contributed by atoms with van der Waals surface area (Å²) in [6.45, 7) is 4.89. The molecule has 2 aliphatic rings. The van der Waals surface area contributed by atoms with Crippen molar-refractivity contribution < 1.29 is 9.47 Å². The van der Waals surface area contributed by atoms with E-state index in [4.69, 9.17) is 9.47 Å². The second-order valence-electron chi connectivity index (χ2n) is 6.19. The summed E-state index contributed by atoms with van der Waals surface area (Å²) < 4.78 is 11.7. The third kappa shape index (κ3) is 2.96. The molecule has 2 aliphatic heterocycles. The number of piperidine rings is 1. The molecule has 0 bridgehead atoms. The van der Waals surface area contributed by atoms with Gasteiger partial charge in [0.1, 0.15) is 5.75 Å². The van der Waals surface area contributed by atoms with Gasteiger partial charge in [-0.25, -0.2) is 0 Å². The molecule has 3 rings (SSSR count). The molecule has 1 aromatic rings. The highest BCUT2D eigenvalue weighted by molar-refractivity contribution is 5.15. The molecule has 1 unspecified atom stereocenters. The van der Waals surface area contributed by atoms with E-state index < -0.39 is 0 Å². The van der Waals surface area contributed by atoms with Crippen molar-refractivity contribution in [2.24, 2.45) is 11.3 Å². The zero-order valence-corrected chi connectivity index (χ0v) is 12.3. The highest BCUT2D eigenvalue weighted by atomic mass is 16.5. The molecule has 20 heavy (non-hydrogen) atoms. The molecule has 4 heteroatoms. The maximum Gasteiger partial charge on any atom is 0.137 e. The van der Waals surface area contributed by atoms with E-state index in [-0.39, 0.29) is 0 Å². The standard InChI is InChI=1S/C16H24N2O2/c1-18-8-4-16(5-9-18)6-10-19-12-14(16)13-20-15-3-2-7-17-11-15/h2-3,7,11,14H,4-6,8-10,12-13H2,1H3. The van der Waals surface area contributed by atoms with Crippen LogP contribution in [0, 0.1) is 11.3 Å². The largest absolute Gasteiger partial charge is 0.492 e. The monoisotopic (exact) mass is 276 g/mol. The quantitative estimate of drug-likeness (QED) is 0.848. The minimum absolute atomic E-state index is 0.424. The molecule has 0 radical (unpaired) electrons. The molecule has 4 nitrogen and oxygen atoms in total. The van der Waals surface area contributed by atoms with Crippen LogP contribution in [0.5, 0.6) is 5.75 Å². The number of hydrogen-bond acceptors (Lipinski definition) is 4. The van der Waals surface area contributed by atoms with E-state index in [9.17, 15) is 0 Å². The lowest BCUT2D eigenvalue weighted by molar-refractivity contribution is -0.0833. The first-order chi connectivity index (χ1) is 9.78. The Balaban J connectivity index is 1.63. The summed E-state index contributed by atoms with van der Waals surface area (Å²) in [5, 5.41) is 0. The number of likely N-dealkylation sites (tertiary alicyclic amines) is 1. The van der Waals surface area contributed by atoms with Crippen LogP contribution < -0.4 is 4.74 Å². The van der Waals surface area contributed by atoms with Crippen molar-refractivity contribution in [3.63, 3.8) is 0 Å². The first-order valence-corrected chi connectivity index (χ1v) is 7.58. The Morgan fingerprint density at radius 1 is 1.40 bits per heavy atom. The van der Waals surface area contributed by atoms with Crippen molar-refractivity contribution in [2.75, 3.05) is 40.0 Å². The maximum atomic E-state index is 5.94. The Morgan fingerprint density at radius 2 is 2.25 bits per heavy atom. The van der Waals surface area contributed by atoms with Crippen molar-refractivity contribution in [3.8, 4) is 5.75 Å². The van der Waals surface area contributed by atoms with E-state index in [0.717, 1.165) is 25.6 Å². The average molecular weight is 276 g/mol. The highest BCUT2D eigenvalue weighted by Gasteiger charge is 2.43. The van der Waals surface area contributed by atoms with Crippen molar-refractivity contribution >= 4 is 0 Å². The zero-order chi connectivity index (χ0) is 13.8. The highest BCUT2D eigenvalue weighted by Crippen LogP contribution is 2.44. The molecule has 1 spiro atoms. The molecule has 0 amide bonds. The Bertz CT molecular complexity index is 416. The molecule has 1 atom stereocenters. The predicted octanol–water partition coefficient (Wildman–Crippen LogP) is 2.21. The van der Waals surface area contributed by atoms with Crippen LogP contribution in [-0.4, -0.2) is 49.8 Å². The van der Waals surface area contributed by atoms with Gasteiger partial charge in [-0.2, -0.15) is 0 Å². The van der Waals surface area contributed by atoms with Gasteiger partial charge in [-0.3, -0.25) is 4.98 Å². The molecule has 0 aliphatic carbocycles. The number of rotatable bonds is 3. The van der Waals surface area contributed by atoms with Crippen LogP contribution in [0.25, 0.3) is 0 Å². The van der Waals surface area contributed by atoms with Crippen LogP contribution in [0.4, 0.5) is 0 Å². The molecular formula is C16H24N2O2. The molecule has 3 heterocycles. The SMILES string of the molecule is CN1CCC2(CCOCC2COc2cccnc2)CC1. The van der Waals surface area contributed by atoms with E-state index in [1.165, 1.54) is 32.4 Å². The van der Waals surface area contributed by atoms with Gasteiger partial charge in [0.25, 0.3) is 0 Å². The van der Waals surface area contributed by atoms with Gasteiger partial charge >= 0.3 is 0 Å². The smallest absolute Gasteiger partial charge is 0.137 e. The summed E-state index contributed by atoms with van der Waals surface area (Å²) in [6.07, 6.45) is 7.28. The first kappa shape index (κ1) is 13.8. The molecular weight excluding hydrogens is 252 g/mol. The summed E-state index contributed by atoms with van der Waals surface area (Å²) in [7, 11) is 2.22. The van der Waals surface area contributed by atoms with Gasteiger partial charge in [-0.1, -0.05) is 0 Å². The number of hydrogen-bond donors (Lipinski definition) is 0. The fourth-order valence-electron chi connectivity index (χ4n) is 3.46. The Hall–Kier alpha value is -1.13. The van der Waals surface area contributed by atoms with Gasteiger partial charge in [-0.15, -0.1) is 0 Å². The van der Waals surface area contributed by atoms with Gasteiger partial charge in [0, 0.05) is 18.7 Å². The molecule has 0 aromatic carbocycles. The van der Waals surface area contributed by atoms with E-state index in [1.807, 2.05) is 12.1 Å². The maximum absolute atomic E-state index is 5.94. The molecule has 1 aromatic heterocycles. The number of nitrogens with zero attached hydrogens (tertiary/aromatic N) is 2. The van der Waals surface area contributed by atoms with E-state index >= 15 is 0 Å². The number of aromatic nitrogens is 1. The Kier molecular flexibility index (Phi) is 4.22. The van der Waals surface area contributed by atoms with Crippen LogP contribution in [0.2, 0.25) is 0 Å². The van der Waals surface area contributed by atoms with E-state index in [2.05, 4.69) is 16.9 Å². The van der Waals surface area contributed by atoms with Gasteiger partial charge in [0.2, 0.25) is 0 Å². The lowest BCUT2D eigenvalue weighted by atomic mass is 9.66. The van der Waals surface area contributed by atoms with Gasteiger partial charge in [0.15, 0.2) is 0 Å². The zero-order valence-electron chi connectivity index (χ0n) is 12.3. The number of ether oxygens (including phenoxy) is 2. The third-order valence-electron chi connectivity index (χ3n) is 5.00. The summed E-state index contributed by atoms with van der Waals surface area (Å²) in [4.78, 5) is 6.53. The normalized spacial score (nSPS) is 26.6. The average Bonchev–Trinajstić information content (AvgIpc) is 2.51. The van der Waals surface area contributed by atoms with Gasteiger partial charge in [-0.05, 0) is 56.9 Å². The fraction of sp³-hybridized carbons (Fsp3) is 0.688. The minimum Gasteiger partial charge on any atom is -0.492 e. The fourth-order valence-corrected chi connectivity index (χ4v) is 3.46. The summed E-state index contributed by atoms with van der Waals surface area (Å²) >= 11 is 0. The second kappa shape index (κ2) is 6.10. The van der Waals surface area contributed by atoms with Crippen molar-refractivity contribution in [1.29, 1.82) is 0 Å². The lowest BCUT2D eigenvalue weighted by Crippen LogP contribution is -2.48. The summed E-state index contributed by atoms with van der Waals surface area (Å²) in [5.41, 5.74) is 0.424. The van der Waals surface area contributed by atoms with E-state index in [0.29, 0.717) is 11.3 Å². The molecule has 2 fully saturated rings. The van der Waals surface area contributed by atoms with Crippen LogP contribution in [0.1, 0.15) is 19.3 Å². The van der Waals surface area contributed by atoms with Crippen molar-refractivity contribution in [3.05, 3.63) is 24.5 Å². The summed E-state index contributed by atoms with van der Waals surface area (Å²) in [6, 6.07) is 3.88. The van der Waals surface area contributed by atoms with Crippen molar-refractivity contribution in [2.45, 2.75) is 19.3 Å². The molecule has 2 saturated heterocycles. The van der Waals surface area contributed by atoms with Gasteiger partial charge < -0.3 is 14.4 Å². The first-order valence-electron chi connectivity index (χ1n) is 7.58. The second-order valence-corrected chi connectivity index (χ2v) is 6.19. The summed E-state index contributed by atoms with van der Waals surface area (Å²) in [5.74, 6) is 1.37. The number of pyridine rings is 1. The van der Waals surface area contributed by atoms with Gasteiger partial charge in [0.05, 0.1) is 19.4 Å².